The summed E-state index contributed by atoms with van der Waals surface area (Å²) < 4.78 is 27.1. The molecule has 0 spiro atoms. The van der Waals surface area contributed by atoms with Crippen LogP contribution >= 0.6 is 24.8 Å². The summed E-state index contributed by atoms with van der Waals surface area (Å²) in [5, 5.41) is 1.54. The molecule has 0 bridgehead atoms. The van der Waals surface area contributed by atoms with Gasteiger partial charge in [0, 0.05) is 42.3 Å². The van der Waals surface area contributed by atoms with Gasteiger partial charge in [-0.15, -0.1) is 24.8 Å². The van der Waals surface area contributed by atoms with E-state index in [-0.39, 0.29) is 30.9 Å². The number of rotatable bonds is 2. The molecule has 0 saturated carbocycles. The monoisotopic (exact) mass is 363 g/mol. The zero-order chi connectivity index (χ0) is 14.2. The SMILES string of the molecule is Cl.Cl.NC1CCCN(S(=O)(=O)c2cccc3cnccc23)C1. The third-order valence-electron chi connectivity index (χ3n) is 3.68. The predicted molar refractivity (Wildman–Crippen MR) is 92.2 cm³/mol. The Bertz CT molecular complexity index is 734. The van der Waals surface area contributed by atoms with Crippen LogP contribution in [-0.2, 0) is 10.0 Å². The van der Waals surface area contributed by atoms with Crippen molar-refractivity contribution in [2.24, 2.45) is 5.73 Å². The molecule has 1 fully saturated rings. The highest BCUT2D eigenvalue weighted by Gasteiger charge is 2.29. The van der Waals surface area contributed by atoms with Crippen LogP contribution in [0.4, 0.5) is 0 Å². The van der Waals surface area contributed by atoms with Gasteiger partial charge < -0.3 is 5.73 Å². The molecule has 2 aromatic rings. The van der Waals surface area contributed by atoms with Gasteiger partial charge in [0.25, 0.3) is 0 Å². The Hall–Kier alpha value is -0.920. The molecule has 2 heterocycles. The standard InChI is InChI=1S/C14H17N3O2S.2ClH/c15-12-4-2-8-17(10-12)20(18,19)14-5-1-3-11-9-16-7-6-13(11)14;;/h1,3,5-7,9,12H,2,4,8,10,15H2;2*1H. The smallest absolute Gasteiger partial charge is 0.243 e. The van der Waals surface area contributed by atoms with Crippen LogP contribution in [0, 0.1) is 0 Å². The Morgan fingerprint density at radius 1 is 1.23 bits per heavy atom. The molecule has 122 valence electrons. The van der Waals surface area contributed by atoms with E-state index in [2.05, 4.69) is 4.98 Å². The van der Waals surface area contributed by atoms with E-state index >= 15 is 0 Å². The van der Waals surface area contributed by atoms with Crippen molar-refractivity contribution in [3.8, 4) is 0 Å². The fraction of sp³-hybridized carbons (Fsp3) is 0.357. The molecular weight excluding hydrogens is 345 g/mol. The number of fused-ring (bicyclic) bond motifs is 1. The molecule has 8 heteroatoms. The molecule has 0 aliphatic carbocycles. The molecule has 1 aromatic carbocycles. The number of aromatic nitrogens is 1. The lowest BCUT2D eigenvalue weighted by atomic mass is 10.1. The summed E-state index contributed by atoms with van der Waals surface area (Å²) in [6, 6.07) is 6.93. The lowest BCUT2D eigenvalue weighted by Crippen LogP contribution is -2.45. The normalized spacial score (nSPS) is 19.2. The second-order valence-electron chi connectivity index (χ2n) is 5.12. The second-order valence-corrected chi connectivity index (χ2v) is 7.02. The summed E-state index contributed by atoms with van der Waals surface area (Å²) in [4.78, 5) is 4.37. The van der Waals surface area contributed by atoms with Gasteiger partial charge in [-0.05, 0) is 25.0 Å². The molecular formula is C14H19Cl2N3O2S. The number of piperidine rings is 1. The first-order valence-electron chi connectivity index (χ1n) is 6.67. The summed E-state index contributed by atoms with van der Waals surface area (Å²) in [5.74, 6) is 0. The largest absolute Gasteiger partial charge is 0.327 e. The zero-order valence-corrected chi connectivity index (χ0v) is 14.3. The Labute approximate surface area is 142 Å². The number of sulfonamides is 1. The third kappa shape index (κ3) is 3.52. The van der Waals surface area contributed by atoms with Gasteiger partial charge in [0.05, 0.1) is 4.90 Å². The van der Waals surface area contributed by atoms with Crippen LogP contribution in [0.5, 0.6) is 0 Å². The molecule has 1 aliphatic heterocycles. The highest BCUT2D eigenvalue weighted by atomic mass is 35.5. The van der Waals surface area contributed by atoms with Crippen LogP contribution in [0.3, 0.4) is 0 Å². The van der Waals surface area contributed by atoms with Crippen molar-refractivity contribution in [1.82, 2.24) is 9.29 Å². The van der Waals surface area contributed by atoms with Crippen molar-refractivity contribution in [3.05, 3.63) is 36.7 Å². The third-order valence-corrected chi connectivity index (χ3v) is 5.60. The van der Waals surface area contributed by atoms with Crippen LogP contribution in [0.15, 0.2) is 41.6 Å². The Kier molecular flexibility index (Phi) is 6.58. The lowest BCUT2D eigenvalue weighted by Gasteiger charge is -2.30. The van der Waals surface area contributed by atoms with Gasteiger partial charge in [-0.25, -0.2) is 8.42 Å². The summed E-state index contributed by atoms with van der Waals surface area (Å²) in [6.45, 7) is 0.932. The molecule has 22 heavy (non-hydrogen) atoms. The van der Waals surface area contributed by atoms with Crippen molar-refractivity contribution in [3.63, 3.8) is 0 Å². The number of hydrogen-bond acceptors (Lipinski definition) is 4. The molecule has 0 amide bonds. The highest BCUT2D eigenvalue weighted by Crippen LogP contribution is 2.26. The minimum absolute atomic E-state index is 0. The molecule has 3 rings (SSSR count). The van der Waals surface area contributed by atoms with Crippen LogP contribution in [0.1, 0.15) is 12.8 Å². The van der Waals surface area contributed by atoms with Gasteiger partial charge in [0.1, 0.15) is 0 Å². The summed E-state index contributed by atoms with van der Waals surface area (Å²) >= 11 is 0. The van der Waals surface area contributed by atoms with E-state index in [1.165, 1.54) is 4.31 Å². The van der Waals surface area contributed by atoms with E-state index in [0.29, 0.717) is 23.4 Å². The summed E-state index contributed by atoms with van der Waals surface area (Å²) in [5.41, 5.74) is 5.90. The van der Waals surface area contributed by atoms with E-state index in [9.17, 15) is 8.42 Å². The first-order valence-corrected chi connectivity index (χ1v) is 8.11. The topological polar surface area (TPSA) is 76.3 Å². The number of nitrogens with zero attached hydrogens (tertiary/aromatic N) is 2. The van der Waals surface area contributed by atoms with Gasteiger partial charge in [-0.2, -0.15) is 4.31 Å². The molecule has 1 aromatic heterocycles. The van der Waals surface area contributed by atoms with Crippen LogP contribution in [0.2, 0.25) is 0 Å². The zero-order valence-electron chi connectivity index (χ0n) is 11.9. The lowest BCUT2D eigenvalue weighted by molar-refractivity contribution is 0.316. The molecule has 2 N–H and O–H groups in total. The van der Waals surface area contributed by atoms with E-state index in [0.717, 1.165) is 18.2 Å². The molecule has 5 nitrogen and oxygen atoms in total. The quantitative estimate of drug-likeness (QED) is 0.886. The molecule has 1 unspecified atom stereocenters. The molecule has 1 aliphatic rings. The minimum atomic E-state index is -3.50. The fourth-order valence-corrected chi connectivity index (χ4v) is 4.40. The summed E-state index contributed by atoms with van der Waals surface area (Å²) in [6.07, 6.45) is 4.98. The second kappa shape index (κ2) is 7.57. The fourth-order valence-electron chi connectivity index (χ4n) is 2.65. The molecule has 1 atom stereocenters. The maximum Gasteiger partial charge on any atom is 0.243 e. The predicted octanol–water partition coefficient (Wildman–Crippen LogP) is 2.19. The first kappa shape index (κ1) is 19.1. The summed E-state index contributed by atoms with van der Waals surface area (Å²) in [7, 11) is -3.50. The Morgan fingerprint density at radius 2 is 2.00 bits per heavy atom. The average Bonchev–Trinajstić information content (AvgIpc) is 2.46. The minimum Gasteiger partial charge on any atom is -0.327 e. The highest BCUT2D eigenvalue weighted by molar-refractivity contribution is 7.89. The van der Waals surface area contributed by atoms with Gasteiger partial charge in [-0.3, -0.25) is 4.98 Å². The number of pyridine rings is 1. The van der Waals surface area contributed by atoms with Crippen molar-refractivity contribution in [2.45, 2.75) is 23.8 Å². The van der Waals surface area contributed by atoms with E-state index in [1.807, 2.05) is 6.07 Å². The van der Waals surface area contributed by atoms with E-state index in [1.54, 1.807) is 30.6 Å². The van der Waals surface area contributed by atoms with Gasteiger partial charge in [-0.1, -0.05) is 12.1 Å². The van der Waals surface area contributed by atoms with Gasteiger partial charge in [0.15, 0.2) is 0 Å². The molecule has 1 saturated heterocycles. The van der Waals surface area contributed by atoms with Crippen molar-refractivity contribution >= 4 is 45.6 Å². The van der Waals surface area contributed by atoms with Gasteiger partial charge in [0.2, 0.25) is 10.0 Å². The maximum atomic E-state index is 12.8. The van der Waals surface area contributed by atoms with Crippen molar-refractivity contribution in [1.29, 1.82) is 0 Å². The van der Waals surface area contributed by atoms with E-state index in [4.69, 9.17) is 5.73 Å². The van der Waals surface area contributed by atoms with E-state index < -0.39 is 10.0 Å². The number of benzene rings is 1. The van der Waals surface area contributed by atoms with Crippen LogP contribution in [0.25, 0.3) is 10.8 Å². The van der Waals surface area contributed by atoms with Gasteiger partial charge >= 0.3 is 0 Å². The number of nitrogens with two attached hydrogens (primary N) is 1. The van der Waals surface area contributed by atoms with Crippen LogP contribution in [-0.4, -0.2) is 36.8 Å². The van der Waals surface area contributed by atoms with Crippen molar-refractivity contribution < 1.29 is 8.42 Å². The average molecular weight is 364 g/mol. The Balaban J connectivity index is 0.00000121. The molecule has 0 radical (unpaired) electrons. The van der Waals surface area contributed by atoms with Crippen molar-refractivity contribution in [2.75, 3.05) is 13.1 Å². The first-order chi connectivity index (χ1) is 9.59. The maximum absolute atomic E-state index is 12.8. The number of hydrogen-bond donors (Lipinski definition) is 1. The Morgan fingerprint density at radius 3 is 2.73 bits per heavy atom. The number of halogens is 2. The van der Waals surface area contributed by atoms with Crippen LogP contribution < -0.4 is 5.73 Å².